The molecule has 0 aliphatic heterocycles. The summed E-state index contributed by atoms with van der Waals surface area (Å²) in [4.78, 5) is 12.3. The fourth-order valence-corrected chi connectivity index (χ4v) is 2.01. The Balaban J connectivity index is 2.28. The van der Waals surface area contributed by atoms with Crippen LogP contribution in [-0.4, -0.2) is 10.5 Å². The Morgan fingerprint density at radius 2 is 2.00 bits per heavy atom. The lowest BCUT2D eigenvalue weighted by molar-refractivity contribution is 0.101. The third kappa shape index (κ3) is 2.78. The van der Waals surface area contributed by atoms with Crippen molar-refractivity contribution in [2.75, 3.05) is 11.1 Å². The highest BCUT2D eigenvalue weighted by atomic mass is 16.1. The summed E-state index contributed by atoms with van der Waals surface area (Å²) in [6.07, 6.45) is 1.79. The normalized spacial score (nSPS) is 10.7. The van der Waals surface area contributed by atoms with Crippen LogP contribution in [0.2, 0.25) is 0 Å². The number of hydrogen-bond acceptors (Lipinski definition) is 2. The van der Waals surface area contributed by atoms with Crippen LogP contribution in [0.5, 0.6) is 0 Å². The number of anilines is 2. The van der Waals surface area contributed by atoms with E-state index in [4.69, 9.17) is 5.73 Å². The van der Waals surface area contributed by atoms with Crippen molar-refractivity contribution in [3.05, 3.63) is 47.8 Å². The van der Waals surface area contributed by atoms with Gasteiger partial charge in [0.2, 0.25) is 0 Å². The predicted octanol–water partition coefficient (Wildman–Crippen LogP) is 3.21. The van der Waals surface area contributed by atoms with Gasteiger partial charge in [-0.3, -0.25) is 4.79 Å². The number of carbonyl (C=O) groups excluding carboxylic acids is 1. The fourth-order valence-electron chi connectivity index (χ4n) is 2.01. The molecule has 3 N–H and O–H groups in total. The van der Waals surface area contributed by atoms with Crippen LogP contribution in [0.15, 0.2) is 36.5 Å². The molecule has 1 aromatic carbocycles. The van der Waals surface area contributed by atoms with E-state index in [1.54, 1.807) is 12.3 Å². The van der Waals surface area contributed by atoms with Crippen molar-refractivity contribution in [3.8, 4) is 0 Å². The Morgan fingerprint density at radius 1 is 1.32 bits per heavy atom. The van der Waals surface area contributed by atoms with Crippen LogP contribution in [0.1, 0.15) is 35.9 Å². The van der Waals surface area contributed by atoms with Crippen molar-refractivity contribution < 1.29 is 4.79 Å². The van der Waals surface area contributed by atoms with Gasteiger partial charge >= 0.3 is 0 Å². The summed E-state index contributed by atoms with van der Waals surface area (Å²) in [6, 6.07) is 9.59. The first-order chi connectivity index (χ1) is 8.99. The second-order valence-electron chi connectivity index (χ2n) is 4.93. The van der Waals surface area contributed by atoms with Gasteiger partial charge in [-0.15, -0.1) is 0 Å². The molecule has 100 valence electrons. The third-order valence-electron chi connectivity index (χ3n) is 3.05. The van der Waals surface area contributed by atoms with Crippen molar-refractivity contribution in [1.82, 2.24) is 4.57 Å². The Kier molecular flexibility index (Phi) is 3.60. The molecule has 4 nitrogen and oxygen atoms in total. The molecular formula is C15H19N3O. The highest BCUT2D eigenvalue weighted by Crippen LogP contribution is 2.19. The van der Waals surface area contributed by atoms with Gasteiger partial charge in [-0.2, -0.15) is 0 Å². The Bertz CT molecular complexity index is 599. The third-order valence-corrected chi connectivity index (χ3v) is 3.05. The fraction of sp³-hybridized carbons (Fsp3) is 0.267. The first-order valence-electron chi connectivity index (χ1n) is 6.33. The predicted molar refractivity (Wildman–Crippen MR) is 78.4 cm³/mol. The maximum Gasteiger partial charge on any atom is 0.272 e. The zero-order valence-electron chi connectivity index (χ0n) is 11.5. The molecule has 19 heavy (non-hydrogen) atoms. The molecule has 0 saturated heterocycles. The van der Waals surface area contributed by atoms with Crippen LogP contribution in [-0.2, 0) is 0 Å². The second kappa shape index (κ2) is 5.18. The minimum atomic E-state index is -0.139. The van der Waals surface area contributed by atoms with E-state index in [0.29, 0.717) is 11.4 Å². The molecule has 0 fully saturated rings. The number of nitrogens with two attached hydrogens (primary N) is 1. The Hall–Kier alpha value is -2.23. The van der Waals surface area contributed by atoms with Gasteiger partial charge in [0, 0.05) is 17.9 Å². The van der Waals surface area contributed by atoms with Crippen molar-refractivity contribution in [2.24, 2.45) is 0 Å². The zero-order chi connectivity index (χ0) is 14.0. The number of aromatic nitrogens is 1. The summed E-state index contributed by atoms with van der Waals surface area (Å²) in [5.74, 6) is -0.139. The van der Waals surface area contributed by atoms with Gasteiger partial charge < -0.3 is 15.6 Å². The van der Waals surface area contributed by atoms with Crippen LogP contribution in [0.3, 0.4) is 0 Å². The maximum absolute atomic E-state index is 12.3. The highest BCUT2D eigenvalue weighted by Gasteiger charge is 2.15. The average molecular weight is 257 g/mol. The molecule has 0 unspecified atom stereocenters. The van der Waals surface area contributed by atoms with Crippen molar-refractivity contribution in [3.63, 3.8) is 0 Å². The molecule has 0 spiro atoms. The van der Waals surface area contributed by atoms with E-state index >= 15 is 0 Å². The van der Waals surface area contributed by atoms with E-state index in [0.717, 1.165) is 11.3 Å². The minimum Gasteiger partial charge on any atom is -0.397 e. The standard InChI is InChI=1S/C15H19N3O/c1-10(2)18-9-12(16)8-14(18)15(19)17-13-7-5-4-6-11(13)3/h4-10H,16H2,1-3H3,(H,17,19). The first-order valence-corrected chi connectivity index (χ1v) is 6.33. The van der Waals surface area contributed by atoms with E-state index in [1.807, 2.05) is 49.6 Å². The molecular weight excluding hydrogens is 238 g/mol. The minimum absolute atomic E-state index is 0.139. The average Bonchev–Trinajstić information content (AvgIpc) is 2.74. The summed E-state index contributed by atoms with van der Waals surface area (Å²) in [7, 11) is 0. The maximum atomic E-state index is 12.3. The number of benzene rings is 1. The number of amides is 1. The molecule has 0 radical (unpaired) electrons. The van der Waals surface area contributed by atoms with E-state index in [1.165, 1.54) is 0 Å². The zero-order valence-corrected chi connectivity index (χ0v) is 11.5. The van der Waals surface area contributed by atoms with Crippen molar-refractivity contribution in [2.45, 2.75) is 26.8 Å². The van der Waals surface area contributed by atoms with Crippen molar-refractivity contribution >= 4 is 17.3 Å². The van der Waals surface area contributed by atoms with Crippen LogP contribution >= 0.6 is 0 Å². The lowest BCUT2D eigenvalue weighted by atomic mass is 10.2. The van der Waals surface area contributed by atoms with E-state index in [9.17, 15) is 4.79 Å². The molecule has 0 aliphatic rings. The van der Waals surface area contributed by atoms with Crippen molar-refractivity contribution in [1.29, 1.82) is 0 Å². The number of nitrogen functional groups attached to an aromatic ring is 1. The van der Waals surface area contributed by atoms with Gasteiger partial charge in [-0.05, 0) is 38.5 Å². The van der Waals surface area contributed by atoms with E-state index < -0.39 is 0 Å². The quantitative estimate of drug-likeness (QED) is 0.887. The summed E-state index contributed by atoms with van der Waals surface area (Å²) in [5.41, 5.74) is 8.81. The summed E-state index contributed by atoms with van der Waals surface area (Å²) in [5, 5.41) is 2.92. The molecule has 2 aromatic rings. The summed E-state index contributed by atoms with van der Waals surface area (Å²) < 4.78 is 1.88. The Labute approximate surface area is 113 Å². The van der Waals surface area contributed by atoms with E-state index in [2.05, 4.69) is 5.32 Å². The van der Waals surface area contributed by atoms with Gasteiger partial charge in [-0.1, -0.05) is 18.2 Å². The molecule has 4 heteroatoms. The molecule has 0 bridgehead atoms. The monoisotopic (exact) mass is 257 g/mol. The molecule has 0 aliphatic carbocycles. The van der Waals surface area contributed by atoms with Gasteiger partial charge in [0.25, 0.3) is 5.91 Å². The topological polar surface area (TPSA) is 60.1 Å². The molecule has 0 saturated carbocycles. The van der Waals surface area contributed by atoms with Crippen LogP contribution in [0.25, 0.3) is 0 Å². The second-order valence-corrected chi connectivity index (χ2v) is 4.93. The van der Waals surface area contributed by atoms with Gasteiger partial charge in [0.1, 0.15) is 5.69 Å². The highest BCUT2D eigenvalue weighted by molar-refractivity contribution is 6.04. The molecule has 2 rings (SSSR count). The number of nitrogens with zero attached hydrogens (tertiary/aromatic N) is 1. The SMILES string of the molecule is Cc1ccccc1NC(=O)c1cc(N)cn1C(C)C. The largest absolute Gasteiger partial charge is 0.397 e. The first kappa shape index (κ1) is 13.2. The molecule has 1 amide bonds. The van der Waals surface area contributed by atoms with Gasteiger partial charge in [0.05, 0.1) is 5.69 Å². The Morgan fingerprint density at radius 3 is 2.63 bits per heavy atom. The number of aryl methyl sites for hydroxylation is 1. The van der Waals surface area contributed by atoms with Gasteiger partial charge in [0.15, 0.2) is 0 Å². The lowest BCUT2D eigenvalue weighted by Crippen LogP contribution is -2.18. The number of rotatable bonds is 3. The number of hydrogen-bond donors (Lipinski definition) is 2. The lowest BCUT2D eigenvalue weighted by Gasteiger charge is -2.13. The van der Waals surface area contributed by atoms with Gasteiger partial charge in [-0.25, -0.2) is 0 Å². The van der Waals surface area contributed by atoms with Crippen LogP contribution < -0.4 is 11.1 Å². The number of nitrogens with one attached hydrogen (secondary N) is 1. The van der Waals surface area contributed by atoms with Crippen LogP contribution in [0, 0.1) is 6.92 Å². The molecule has 1 aromatic heterocycles. The van der Waals surface area contributed by atoms with E-state index in [-0.39, 0.29) is 11.9 Å². The number of carbonyl (C=O) groups is 1. The summed E-state index contributed by atoms with van der Waals surface area (Å²) in [6.45, 7) is 6.00. The van der Waals surface area contributed by atoms with Crippen LogP contribution in [0.4, 0.5) is 11.4 Å². The smallest absolute Gasteiger partial charge is 0.272 e. The molecule has 0 atom stereocenters. The molecule has 1 heterocycles. The summed E-state index contributed by atoms with van der Waals surface area (Å²) >= 11 is 0. The number of para-hydroxylation sites is 1.